The highest BCUT2D eigenvalue weighted by atomic mass is 16.5. The predicted molar refractivity (Wildman–Crippen MR) is 72.6 cm³/mol. The predicted octanol–water partition coefficient (Wildman–Crippen LogP) is 1.91. The van der Waals surface area contributed by atoms with Crippen LogP contribution in [0, 0.1) is 5.92 Å². The van der Waals surface area contributed by atoms with Gasteiger partial charge in [0, 0.05) is 13.2 Å². The molecule has 2 rings (SSSR count). The SMILES string of the molecule is CC(CCO)CNCC1OCCc2ccccc21. The molecular weight excluding hydrogens is 226 g/mol. The van der Waals surface area contributed by atoms with Crippen molar-refractivity contribution in [1.82, 2.24) is 5.32 Å². The van der Waals surface area contributed by atoms with E-state index in [-0.39, 0.29) is 12.7 Å². The summed E-state index contributed by atoms with van der Waals surface area (Å²) in [4.78, 5) is 0. The van der Waals surface area contributed by atoms with Gasteiger partial charge in [0.25, 0.3) is 0 Å². The van der Waals surface area contributed by atoms with Gasteiger partial charge in [-0.3, -0.25) is 0 Å². The van der Waals surface area contributed by atoms with E-state index >= 15 is 0 Å². The molecule has 0 fully saturated rings. The largest absolute Gasteiger partial charge is 0.396 e. The van der Waals surface area contributed by atoms with E-state index in [1.54, 1.807) is 0 Å². The van der Waals surface area contributed by atoms with Crippen LogP contribution in [0.5, 0.6) is 0 Å². The minimum atomic E-state index is 0.177. The molecule has 18 heavy (non-hydrogen) atoms. The highest BCUT2D eigenvalue weighted by molar-refractivity contribution is 5.31. The molecule has 2 atom stereocenters. The first-order valence-corrected chi connectivity index (χ1v) is 6.82. The van der Waals surface area contributed by atoms with Crippen LogP contribution in [0.2, 0.25) is 0 Å². The quantitative estimate of drug-likeness (QED) is 0.809. The number of fused-ring (bicyclic) bond motifs is 1. The molecule has 1 heterocycles. The van der Waals surface area contributed by atoms with Gasteiger partial charge in [-0.1, -0.05) is 31.2 Å². The van der Waals surface area contributed by atoms with E-state index in [0.29, 0.717) is 5.92 Å². The summed E-state index contributed by atoms with van der Waals surface area (Å²) in [5.41, 5.74) is 2.74. The number of aliphatic hydroxyl groups is 1. The van der Waals surface area contributed by atoms with Gasteiger partial charge in [-0.25, -0.2) is 0 Å². The van der Waals surface area contributed by atoms with E-state index in [1.807, 2.05) is 0 Å². The van der Waals surface area contributed by atoms with Crippen LogP contribution < -0.4 is 5.32 Å². The Morgan fingerprint density at radius 2 is 2.28 bits per heavy atom. The Kier molecular flexibility index (Phi) is 5.17. The van der Waals surface area contributed by atoms with Gasteiger partial charge >= 0.3 is 0 Å². The van der Waals surface area contributed by atoms with Gasteiger partial charge in [0.05, 0.1) is 12.7 Å². The Morgan fingerprint density at radius 3 is 3.11 bits per heavy atom. The van der Waals surface area contributed by atoms with Crippen LogP contribution in [0.25, 0.3) is 0 Å². The molecule has 1 aromatic rings. The molecule has 0 radical (unpaired) electrons. The number of hydrogen-bond acceptors (Lipinski definition) is 3. The fraction of sp³-hybridized carbons (Fsp3) is 0.600. The first-order valence-electron chi connectivity index (χ1n) is 6.82. The van der Waals surface area contributed by atoms with Crippen molar-refractivity contribution in [3.05, 3.63) is 35.4 Å². The molecule has 1 aromatic carbocycles. The normalized spacial score (nSPS) is 20.4. The van der Waals surface area contributed by atoms with E-state index < -0.39 is 0 Å². The van der Waals surface area contributed by atoms with Crippen molar-refractivity contribution >= 4 is 0 Å². The molecule has 0 amide bonds. The second-order valence-corrected chi connectivity index (χ2v) is 5.08. The van der Waals surface area contributed by atoms with Gasteiger partial charge in [0.2, 0.25) is 0 Å². The third kappa shape index (κ3) is 3.55. The molecular formula is C15H23NO2. The van der Waals surface area contributed by atoms with E-state index in [4.69, 9.17) is 9.84 Å². The van der Waals surface area contributed by atoms with E-state index in [1.165, 1.54) is 11.1 Å². The van der Waals surface area contributed by atoms with Crippen molar-refractivity contribution in [2.45, 2.75) is 25.9 Å². The van der Waals surface area contributed by atoms with Gasteiger partial charge < -0.3 is 15.2 Å². The molecule has 0 aliphatic carbocycles. The summed E-state index contributed by atoms with van der Waals surface area (Å²) in [5.74, 6) is 0.508. The average Bonchev–Trinajstić information content (AvgIpc) is 2.39. The second kappa shape index (κ2) is 6.88. The molecule has 0 bridgehead atoms. The minimum absolute atomic E-state index is 0.177. The number of hydrogen-bond donors (Lipinski definition) is 2. The molecule has 2 N–H and O–H groups in total. The monoisotopic (exact) mass is 249 g/mol. The Morgan fingerprint density at radius 1 is 1.44 bits per heavy atom. The first kappa shape index (κ1) is 13.5. The number of rotatable bonds is 6. The second-order valence-electron chi connectivity index (χ2n) is 5.08. The fourth-order valence-corrected chi connectivity index (χ4v) is 2.43. The third-order valence-electron chi connectivity index (χ3n) is 3.54. The van der Waals surface area contributed by atoms with Crippen molar-refractivity contribution in [3.63, 3.8) is 0 Å². The number of benzene rings is 1. The Labute approximate surface area is 109 Å². The van der Waals surface area contributed by atoms with Crippen LogP contribution in [0.15, 0.2) is 24.3 Å². The molecule has 0 aromatic heterocycles. The van der Waals surface area contributed by atoms with Gasteiger partial charge in [-0.2, -0.15) is 0 Å². The van der Waals surface area contributed by atoms with Crippen molar-refractivity contribution in [2.24, 2.45) is 5.92 Å². The highest BCUT2D eigenvalue weighted by Crippen LogP contribution is 2.26. The maximum Gasteiger partial charge on any atom is 0.0952 e. The summed E-state index contributed by atoms with van der Waals surface area (Å²) >= 11 is 0. The lowest BCUT2D eigenvalue weighted by Gasteiger charge is -2.26. The maximum absolute atomic E-state index is 8.86. The summed E-state index contributed by atoms with van der Waals surface area (Å²) in [5, 5.41) is 12.3. The lowest BCUT2D eigenvalue weighted by atomic mass is 9.97. The van der Waals surface area contributed by atoms with Crippen LogP contribution in [-0.2, 0) is 11.2 Å². The molecule has 1 aliphatic heterocycles. The molecule has 100 valence electrons. The molecule has 1 aliphatic rings. The molecule has 0 saturated carbocycles. The first-order chi connectivity index (χ1) is 8.81. The van der Waals surface area contributed by atoms with Gasteiger partial charge in [0.1, 0.15) is 0 Å². The zero-order valence-electron chi connectivity index (χ0n) is 11.1. The summed E-state index contributed by atoms with van der Waals surface area (Å²) < 4.78 is 5.83. The molecule has 0 spiro atoms. The van der Waals surface area contributed by atoms with Gasteiger partial charge in [-0.05, 0) is 36.4 Å². The van der Waals surface area contributed by atoms with Crippen molar-refractivity contribution in [1.29, 1.82) is 0 Å². The topological polar surface area (TPSA) is 41.5 Å². The van der Waals surface area contributed by atoms with E-state index in [0.717, 1.165) is 32.5 Å². The number of nitrogens with one attached hydrogen (secondary N) is 1. The number of aliphatic hydroxyl groups excluding tert-OH is 1. The maximum atomic E-state index is 8.86. The van der Waals surface area contributed by atoms with E-state index in [2.05, 4.69) is 36.5 Å². The van der Waals surface area contributed by atoms with Crippen LogP contribution in [0.4, 0.5) is 0 Å². The molecule has 3 nitrogen and oxygen atoms in total. The minimum Gasteiger partial charge on any atom is -0.396 e. The Bertz CT molecular complexity index is 367. The molecule has 0 saturated heterocycles. The highest BCUT2D eigenvalue weighted by Gasteiger charge is 2.19. The van der Waals surface area contributed by atoms with Crippen LogP contribution in [0.1, 0.15) is 30.6 Å². The van der Waals surface area contributed by atoms with E-state index in [9.17, 15) is 0 Å². The third-order valence-corrected chi connectivity index (χ3v) is 3.54. The van der Waals surface area contributed by atoms with Crippen molar-refractivity contribution in [3.8, 4) is 0 Å². The summed E-state index contributed by atoms with van der Waals surface area (Å²) in [6.45, 7) is 5.02. The smallest absolute Gasteiger partial charge is 0.0952 e. The fourth-order valence-electron chi connectivity index (χ4n) is 2.43. The Hall–Kier alpha value is -0.900. The van der Waals surface area contributed by atoms with Crippen molar-refractivity contribution in [2.75, 3.05) is 26.3 Å². The molecule has 3 heteroatoms. The average molecular weight is 249 g/mol. The van der Waals surface area contributed by atoms with Gasteiger partial charge in [0.15, 0.2) is 0 Å². The van der Waals surface area contributed by atoms with Crippen molar-refractivity contribution < 1.29 is 9.84 Å². The van der Waals surface area contributed by atoms with Gasteiger partial charge in [-0.15, -0.1) is 0 Å². The van der Waals surface area contributed by atoms with Crippen LogP contribution >= 0.6 is 0 Å². The summed E-state index contributed by atoms with van der Waals surface area (Å²) in [6, 6.07) is 8.53. The Balaban J connectivity index is 1.84. The molecule has 2 unspecified atom stereocenters. The van der Waals surface area contributed by atoms with Crippen LogP contribution in [-0.4, -0.2) is 31.4 Å². The standard InChI is InChI=1S/C15H23NO2/c1-12(6-8-17)10-16-11-15-14-5-3-2-4-13(14)7-9-18-15/h2-5,12,15-17H,6-11H2,1H3. The summed E-state index contributed by atoms with van der Waals surface area (Å²) in [7, 11) is 0. The van der Waals surface area contributed by atoms with Crippen LogP contribution in [0.3, 0.4) is 0 Å². The lowest BCUT2D eigenvalue weighted by Crippen LogP contribution is -2.30. The zero-order valence-corrected chi connectivity index (χ0v) is 11.1. The zero-order chi connectivity index (χ0) is 12.8. The number of ether oxygens (including phenoxy) is 1. The lowest BCUT2D eigenvalue weighted by molar-refractivity contribution is 0.0419. The summed E-state index contributed by atoms with van der Waals surface area (Å²) in [6.07, 6.45) is 2.05.